The maximum Gasteiger partial charge on any atom is 0.106 e. The van der Waals surface area contributed by atoms with E-state index in [0.717, 1.165) is 29.6 Å². The van der Waals surface area contributed by atoms with Gasteiger partial charge in [0.1, 0.15) is 4.60 Å². The summed E-state index contributed by atoms with van der Waals surface area (Å²) in [6, 6.07) is 5.83. The second kappa shape index (κ2) is 6.74. The molecule has 1 aromatic heterocycles. The highest BCUT2D eigenvalue weighted by atomic mass is 79.9. The van der Waals surface area contributed by atoms with Gasteiger partial charge in [0.05, 0.1) is 5.69 Å². The van der Waals surface area contributed by atoms with E-state index in [4.69, 9.17) is 5.11 Å². The molecule has 0 fully saturated rings. The number of aromatic nitrogens is 1. The van der Waals surface area contributed by atoms with Crippen molar-refractivity contribution in [1.82, 2.24) is 4.98 Å². The van der Waals surface area contributed by atoms with E-state index in [1.54, 1.807) is 0 Å². The molecule has 2 nitrogen and oxygen atoms in total. The molecular weight excluding hydrogens is 242 g/mol. The van der Waals surface area contributed by atoms with E-state index >= 15 is 0 Å². The van der Waals surface area contributed by atoms with Crippen LogP contribution in [-0.4, -0.2) is 16.7 Å². The van der Waals surface area contributed by atoms with Crippen LogP contribution in [0.3, 0.4) is 0 Å². The third-order valence-corrected chi connectivity index (χ3v) is 2.25. The van der Waals surface area contributed by atoms with Crippen molar-refractivity contribution < 1.29 is 5.11 Å². The highest BCUT2D eigenvalue weighted by Crippen LogP contribution is 2.08. The lowest BCUT2D eigenvalue weighted by Gasteiger charge is -1.94. The molecular formula is C11H14BrNO. The highest BCUT2D eigenvalue weighted by molar-refractivity contribution is 9.10. The van der Waals surface area contributed by atoms with Crippen molar-refractivity contribution in [2.45, 2.75) is 19.3 Å². The minimum absolute atomic E-state index is 0.281. The number of hydrogen-bond acceptors (Lipinski definition) is 2. The van der Waals surface area contributed by atoms with Gasteiger partial charge < -0.3 is 5.11 Å². The summed E-state index contributed by atoms with van der Waals surface area (Å²) in [5.74, 6) is 0. The molecule has 0 aromatic carbocycles. The van der Waals surface area contributed by atoms with Gasteiger partial charge in [-0.15, -0.1) is 0 Å². The third kappa shape index (κ3) is 4.53. The van der Waals surface area contributed by atoms with Crippen LogP contribution in [0, 0.1) is 0 Å². The predicted molar refractivity (Wildman–Crippen MR) is 61.9 cm³/mol. The van der Waals surface area contributed by atoms with Crippen LogP contribution in [0.5, 0.6) is 0 Å². The minimum Gasteiger partial charge on any atom is -0.396 e. The van der Waals surface area contributed by atoms with Crippen molar-refractivity contribution in [3.8, 4) is 0 Å². The zero-order valence-electron chi connectivity index (χ0n) is 7.99. The molecule has 1 N–H and O–H groups in total. The first kappa shape index (κ1) is 11.4. The van der Waals surface area contributed by atoms with Gasteiger partial charge >= 0.3 is 0 Å². The Morgan fingerprint density at radius 2 is 2.21 bits per heavy atom. The minimum atomic E-state index is 0.281. The van der Waals surface area contributed by atoms with Crippen LogP contribution in [0.25, 0.3) is 6.08 Å². The molecule has 0 unspecified atom stereocenters. The summed E-state index contributed by atoms with van der Waals surface area (Å²) < 4.78 is 0.856. The van der Waals surface area contributed by atoms with Crippen molar-refractivity contribution in [1.29, 1.82) is 0 Å². The van der Waals surface area contributed by atoms with Gasteiger partial charge in [-0.2, -0.15) is 0 Å². The number of pyridine rings is 1. The number of rotatable bonds is 5. The van der Waals surface area contributed by atoms with Crippen LogP contribution in [0.2, 0.25) is 0 Å². The van der Waals surface area contributed by atoms with E-state index < -0.39 is 0 Å². The Hall–Kier alpha value is -0.670. The number of unbranched alkanes of at least 4 members (excludes halogenated alkanes) is 2. The second-order valence-corrected chi connectivity index (χ2v) is 3.82. The normalized spacial score (nSPS) is 11.0. The van der Waals surface area contributed by atoms with E-state index in [1.165, 1.54) is 0 Å². The number of nitrogens with zero attached hydrogens (tertiary/aromatic N) is 1. The SMILES string of the molecule is OCCCC/C=C/c1cccc(Br)n1. The number of allylic oxidation sites excluding steroid dienone is 1. The molecule has 0 spiro atoms. The van der Waals surface area contributed by atoms with Gasteiger partial charge in [-0.05, 0) is 53.4 Å². The van der Waals surface area contributed by atoms with E-state index in [-0.39, 0.29) is 6.61 Å². The summed E-state index contributed by atoms with van der Waals surface area (Å²) in [7, 11) is 0. The van der Waals surface area contributed by atoms with Crippen molar-refractivity contribution in [2.75, 3.05) is 6.61 Å². The Kier molecular flexibility index (Phi) is 5.49. The molecule has 0 bridgehead atoms. The quantitative estimate of drug-likeness (QED) is 0.648. The predicted octanol–water partition coefficient (Wildman–Crippen LogP) is 3.02. The van der Waals surface area contributed by atoms with Gasteiger partial charge in [0.2, 0.25) is 0 Å². The second-order valence-electron chi connectivity index (χ2n) is 3.01. The molecule has 76 valence electrons. The monoisotopic (exact) mass is 255 g/mol. The van der Waals surface area contributed by atoms with Crippen molar-refractivity contribution in [2.24, 2.45) is 0 Å². The summed E-state index contributed by atoms with van der Waals surface area (Å²) in [5.41, 5.74) is 0.961. The van der Waals surface area contributed by atoms with Gasteiger partial charge in [-0.3, -0.25) is 0 Å². The number of halogens is 1. The number of aliphatic hydroxyl groups excluding tert-OH is 1. The van der Waals surface area contributed by atoms with Crippen LogP contribution in [0.1, 0.15) is 25.0 Å². The summed E-state index contributed by atoms with van der Waals surface area (Å²) in [4.78, 5) is 4.27. The van der Waals surface area contributed by atoms with E-state index in [0.29, 0.717) is 0 Å². The average Bonchev–Trinajstić information content (AvgIpc) is 2.18. The molecule has 1 heterocycles. The van der Waals surface area contributed by atoms with Crippen molar-refractivity contribution >= 4 is 22.0 Å². The zero-order chi connectivity index (χ0) is 10.2. The van der Waals surface area contributed by atoms with E-state index in [2.05, 4.69) is 27.0 Å². The zero-order valence-corrected chi connectivity index (χ0v) is 9.57. The molecule has 0 aliphatic rings. The van der Waals surface area contributed by atoms with Crippen LogP contribution < -0.4 is 0 Å². The van der Waals surface area contributed by atoms with Gasteiger partial charge in [-0.1, -0.05) is 12.1 Å². The molecule has 0 aliphatic carbocycles. The standard InChI is InChI=1S/C11H14BrNO/c12-11-8-5-7-10(13-11)6-3-1-2-4-9-14/h3,5-8,14H,1-2,4,9H2/b6-3+. The molecule has 1 aromatic rings. The fourth-order valence-corrected chi connectivity index (χ4v) is 1.45. The lowest BCUT2D eigenvalue weighted by atomic mass is 10.2. The summed E-state index contributed by atoms with van der Waals surface area (Å²) >= 11 is 3.32. The Bertz CT molecular complexity index is 299. The van der Waals surface area contributed by atoms with Crippen LogP contribution >= 0.6 is 15.9 Å². The van der Waals surface area contributed by atoms with E-state index in [1.807, 2.05) is 24.3 Å². The summed E-state index contributed by atoms with van der Waals surface area (Å²) in [6.07, 6.45) is 6.98. The Labute approximate surface area is 92.8 Å². The molecule has 1 rings (SSSR count). The van der Waals surface area contributed by atoms with Gasteiger partial charge in [-0.25, -0.2) is 4.98 Å². The number of hydrogen-bond donors (Lipinski definition) is 1. The molecule has 0 amide bonds. The van der Waals surface area contributed by atoms with Crippen LogP contribution in [0.4, 0.5) is 0 Å². The summed E-state index contributed by atoms with van der Waals surface area (Å²) in [6.45, 7) is 0.281. The Balaban J connectivity index is 2.36. The molecule has 14 heavy (non-hydrogen) atoms. The molecule has 0 saturated heterocycles. The van der Waals surface area contributed by atoms with Crippen molar-refractivity contribution in [3.63, 3.8) is 0 Å². The maximum atomic E-state index is 8.58. The summed E-state index contributed by atoms with van der Waals surface area (Å²) in [5, 5.41) is 8.58. The average molecular weight is 256 g/mol. The smallest absolute Gasteiger partial charge is 0.106 e. The fraction of sp³-hybridized carbons (Fsp3) is 0.364. The van der Waals surface area contributed by atoms with Crippen LogP contribution in [-0.2, 0) is 0 Å². The van der Waals surface area contributed by atoms with Gasteiger partial charge in [0.15, 0.2) is 0 Å². The third-order valence-electron chi connectivity index (χ3n) is 1.80. The van der Waals surface area contributed by atoms with E-state index in [9.17, 15) is 0 Å². The first-order valence-electron chi connectivity index (χ1n) is 4.73. The topological polar surface area (TPSA) is 33.1 Å². The lowest BCUT2D eigenvalue weighted by Crippen LogP contribution is -1.82. The van der Waals surface area contributed by atoms with Crippen LogP contribution in [0.15, 0.2) is 28.9 Å². The first-order valence-corrected chi connectivity index (χ1v) is 5.52. The largest absolute Gasteiger partial charge is 0.396 e. The molecule has 0 radical (unpaired) electrons. The Morgan fingerprint density at radius 1 is 1.36 bits per heavy atom. The number of aliphatic hydroxyl groups is 1. The lowest BCUT2D eigenvalue weighted by molar-refractivity contribution is 0.285. The van der Waals surface area contributed by atoms with Gasteiger partial charge in [0, 0.05) is 6.61 Å². The fourth-order valence-electron chi connectivity index (χ4n) is 1.09. The molecule has 3 heteroatoms. The molecule has 0 aliphatic heterocycles. The van der Waals surface area contributed by atoms with Crippen molar-refractivity contribution in [3.05, 3.63) is 34.6 Å². The molecule has 0 atom stereocenters. The highest BCUT2D eigenvalue weighted by Gasteiger charge is 1.89. The molecule has 0 saturated carbocycles. The maximum absolute atomic E-state index is 8.58. The van der Waals surface area contributed by atoms with Gasteiger partial charge in [0.25, 0.3) is 0 Å². The first-order chi connectivity index (χ1) is 6.83. The Morgan fingerprint density at radius 3 is 2.93 bits per heavy atom.